The van der Waals surface area contributed by atoms with E-state index in [0.29, 0.717) is 11.6 Å². The average Bonchev–Trinajstić information content (AvgIpc) is 2.79. The molecule has 1 aliphatic carbocycles. The topological polar surface area (TPSA) is 15.3 Å². The van der Waals surface area contributed by atoms with Gasteiger partial charge in [0, 0.05) is 29.1 Å². The van der Waals surface area contributed by atoms with E-state index in [1.165, 1.54) is 61.8 Å². The maximum absolute atomic E-state index is 3.85. The molecule has 1 saturated heterocycles. The van der Waals surface area contributed by atoms with E-state index in [0.717, 1.165) is 0 Å². The third-order valence-corrected chi connectivity index (χ3v) is 5.56. The number of rotatable bonds is 2. The first-order valence-corrected chi connectivity index (χ1v) is 8.72. The van der Waals surface area contributed by atoms with Gasteiger partial charge in [0.15, 0.2) is 0 Å². The molecule has 1 atom stereocenters. The van der Waals surface area contributed by atoms with Gasteiger partial charge in [-0.2, -0.15) is 0 Å². The van der Waals surface area contributed by atoms with Gasteiger partial charge in [-0.25, -0.2) is 0 Å². The van der Waals surface area contributed by atoms with Crippen molar-refractivity contribution in [3.63, 3.8) is 0 Å². The lowest BCUT2D eigenvalue weighted by atomic mass is 9.95. The van der Waals surface area contributed by atoms with E-state index in [9.17, 15) is 0 Å². The molecule has 1 spiro atoms. The highest BCUT2D eigenvalue weighted by Crippen LogP contribution is 2.34. The minimum atomic E-state index is 0.400. The number of halogens is 1. The lowest BCUT2D eigenvalue weighted by Gasteiger charge is -2.36. The van der Waals surface area contributed by atoms with Crippen molar-refractivity contribution in [1.82, 2.24) is 10.2 Å². The number of nitrogens with zero attached hydrogens (tertiary/aromatic N) is 1. The Hall–Kier alpha value is -0.380. The quantitative estimate of drug-likeness (QED) is 0.873. The third-order valence-electron chi connectivity index (χ3n) is 5.07. The fraction of sp³-hybridized carbons (Fsp3) is 0.647. The van der Waals surface area contributed by atoms with Crippen LogP contribution in [-0.2, 0) is 0 Å². The van der Waals surface area contributed by atoms with E-state index in [1.807, 2.05) is 0 Å². The van der Waals surface area contributed by atoms with E-state index >= 15 is 0 Å². The van der Waals surface area contributed by atoms with Gasteiger partial charge in [-0.1, -0.05) is 40.9 Å². The fourth-order valence-electron chi connectivity index (χ4n) is 3.85. The zero-order valence-electron chi connectivity index (χ0n) is 12.4. The summed E-state index contributed by atoms with van der Waals surface area (Å²) in [5.41, 5.74) is 1.82. The van der Waals surface area contributed by atoms with Crippen LogP contribution in [0.15, 0.2) is 28.7 Å². The molecular formula is C17H25BrN2. The van der Waals surface area contributed by atoms with Crippen LogP contribution in [0.1, 0.15) is 50.6 Å². The number of hydrogen-bond acceptors (Lipinski definition) is 2. The maximum Gasteiger partial charge on any atom is 0.0321 e. The zero-order valence-corrected chi connectivity index (χ0v) is 14.0. The first-order chi connectivity index (χ1) is 9.69. The normalized spacial score (nSPS) is 24.7. The molecule has 0 aromatic heterocycles. The molecule has 1 heterocycles. The molecule has 1 aliphatic heterocycles. The number of nitrogens with one attached hydrogen (secondary N) is 1. The largest absolute Gasteiger partial charge is 0.310 e. The van der Waals surface area contributed by atoms with E-state index < -0.39 is 0 Å². The number of hydrogen-bond donors (Lipinski definition) is 1. The summed E-state index contributed by atoms with van der Waals surface area (Å²) in [6.45, 7) is 5.96. The zero-order chi connectivity index (χ0) is 14.0. The Bertz CT molecular complexity index is 454. The molecule has 0 amide bonds. The second-order valence-electron chi connectivity index (χ2n) is 6.47. The second kappa shape index (κ2) is 6.17. The molecular weight excluding hydrogens is 312 g/mol. The Morgan fingerprint density at radius 3 is 2.80 bits per heavy atom. The molecule has 0 bridgehead atoms. The standard InChI is InChI=1S/C17H25BrN2/c1-14(15-6-4-7-16(18)12-15)20-11-5-10-19-17(13-20)8-2-3-9-17/h4,6-7,12,14,19H,2-3,5,8-11,13H2,1H3. The summed E-state index contributed by atoms with van der Waals surface area (Å²) in [5.74, 6) is 0. The predicted octanol–water partition coefficient (Wildman–Crippen LogP) is 4.12. The van der Waals surface area contributed by atoms with Crippen molar-refractivity contribution in [3.8, 4) is 0 Å². The molecule has 2 fully saturated rings. The summed E-state index contributed by atoms with van der Waals surface area (Å²) in [7, 11) is 0. The highest BCUT2D eigenvalue weighted by Gasteiger charge is 2.37. The van der Waals surface area contributed by atoms with Gasteiger partial charge in [-0.3, -0.25) is 4.90 Å². The molecule has 110 valence electrons. The van der Waals surface area contributed by atoms with Crippen molar-refractivity contribution in [2.75, 3.05) is 19.6 Å². The van der Waals surface area contributed by atoms with Crippen LogP contribution in [0.3, 0.4) is 0 Å². The van der Waals surface area contributed by atoms with Crippen molar-refractivity contribution in [1.29, 1.82) is 0 Å². The summed E-state index contributed by atoms with van der Waals surface area (Å²) in [4.78, 5) is 2.69. The van der Waals surface area contributed by atoms with Crippen LogP contribution in [-0.4, -0.2) is 30.1 Å². The highest BCUT2D eigenvalue weighted by atomic mass is 79.9. The lowest BCUT2D eigenvalue weighted by molar-refractivity contribution is 0.166. The summed E-state index contributed by atoms with van der Waals surface area (Å²) < 4.78 is 1.19. The van der Waals surface area contributed by atoms with E-state index in [1.54, 1.807) is 0 Å². The highest BCUT2D eigenvalue weighted by molar-refractivity contribution is 9.10. The Morgan fingerprint density at radius 2 is 2.05 bits per heavy atom. The van der Waals surface area contributed by atoms with Crippen molar-refractivity contribution in [2.24, 2.45) is 0 Å². The average molecular weight is 337 g/mol. The van der Waals surface area contributed by atoms with Gasteiger partial charge in [0.25, 0.3) is 0 Å². The first-order valence-electron chi connectivity index (χ1n) is 7.93. The molecule has 1 aromatic carbocycles. The fourth-order valence-corrected chi connectivity index (χ4v) is 4.27. The van der Waals surface area contributed by atoms with Gasteiger partial charge in [0.05, 0.1) is 0 Å². The van der Waals surface area contributed by atoms with Crippen LogP contribution in [0.5, 0.6) is 0 Å². The minimum absolute atomic E-state index is 0.400. The van der Waals surface area contributed by atoms with E-state index in [4.69, 9.17) is 0 Å². The predicted molar refractivity (Wildman–Crippen MR) is 87.9 cm³/mol. The number of benzene rings is 1. The molecule has 2 aliphatic rings. The molecule has 1 saturated carbocycles. The molecule has 2 nitrogen and oxygen atoms in total. The van der Waals surface area contributed by atoms with Gasteiger partial charge >= 0.3 is 0 Å². The van der Waals surface area contributed by atoms with Crippen molar-refractivity contribution < 1.29 is 0 Å². The minimum Gasteiger partial charge on any atom is -0.310 e. The Morgan fingerprint density at radius 1 is 1.25 bits per heavy atom. The molecule has 1 unspecified atom stereocenters. The summed E-state index contributed by atoms with van der Waals surface area (Å²) in [6.07, 6.45) is 6.77. The lowest BCUT2D eigenvalue weighted by Crippen LogP contribution is -2.49. The SMILES string of the molecule is CC(c1cccc(Br)c1)N1CCCNC2(CCCC2)C1. The van der Waals surface area contributed by atoms with Crippen molar-refractivity contribution >= 4 is 15.9 Å². The molecule has 1 aromatic rings. The van der Waals surface area contributed by atoms with Crippen LogP contribution < -0.4 is 5.32 Å². The van der Waals surface area contributed by atoms with Crippen molar-refractivity contribution in [3.05, 3.63) is 34.3 Å². The Balaban J connectivity index is 1.77. The van der Waals surface area contributed by atoms with Crippen LogP contribution in [0.2, 0.25) is 0 Å². The Kier molecular flexibility index (Phi) is 4.49. The Labute approximate surface area is 131 Å². The van der Waals surface area contributed by atoms with Gasteiger partial charge < -0.3 is 5.32 Å². The van der Waals surface area contributed by atoms with Crippen molar-refractivity contribution in [2.45, 2.75) is 50.6 Å². The molecule has 1 N–H and O–H groups in total. The van der Waals surface area contributed by atoms with Gasteiger partial charge in [-0.15, -0.1) is 0 Å². The van der Waals surface area contributed by atoms with Crippen LogP contribution in [0, 0.1) is 0 Å². The smallest absolute Gasteiger partial charge is 0.0321 e. The van der Waals surface area contributed by atoms with Gasteiger partial charge in [-0.05, 0) is 50.4 Å². The second-order valence-corrected chi connectivity index (χ2v) is 7.38. The van der Waals surface area contributed by atoms with E-state index in [2.05, 4.69) is 57.3 Å². The van der Waals surface area contributed by atoms with E-state index in [-0.39, 0.29) is 0 Å². The van der Waals surface area contributed by atoms with Gasteiger partial charge in [0.1, 0.15) is 0 Å². The van der Waals surface area contributed by atoms with Crippen LogP contribution in [0.4, 0.5) is 0 Å². The first kappa shape index (κ1) is 14.6. The molecule has 0 radical (unpaired) electrons. The maximum atomic E-state index is 3.85. The van der Waals surface area contributed by atoms with Crippen LogP contribution in [0.25, 0.3) is 0 Å². The summed E-state index contributed by atoms with van der Waals surface area (Å²) >= 11 is 3.60. The summed E-state index contributed by atoms with van der Waals surface area (Å²) in [5, 5.41) is 3.85. The molecule has 3 heteroatoms. The summed E-state index contributed by atoms with van der Waals surface area (Å²) in [6, 6.07) is 9.29. The van der Waals surface area contributed by atoms with Gasteiger partial charge in [0.2, 0.25) is 0 Å². The molecule has 3 rings (SSSR count). The van der Waals surface area contributed by atoms with Crippen LogP contribution >= 0.6 is 15.9 Å². The monoisotopic (exact) mass is 336 g/mol. The molecule has 20 heavy (non-hydrogen) atoms. The third kappa shape index (κ3) is 3.10.